The van der Waals surface area contributed by atoms with Gasteiger partial charge in [0.1, 0.15) is 23.9 Å². The molecule has 4 N–H and O–H groups in total. The largest absolute Gasteiger partial charge is 0.508 e. The van der Waals surface area contributed by atoms with Gasteiger partial charge in [-0.1, -0.05) is 39.8 Å². The van der Waals surface area contributed by atoms with Crippen LogP contribution >= 0.6 is 0 Å². The Morgan fingerprint density at radius 3 is 2.56 bits per heavy atom. The molecule has 4 aliphatic rings. The fraction of sp³-hybridized carbons (Fsp3) is 0.529. The van der Waals surface area contributed by atoms with Crippen LogP contribution in [0.5, 0.6) is 5.75 Å². The summed E-state index contributed by atoms with van der Waals surface area (Å²) in [5, 5.41) is 19.5. The van der Waals surface area contributed by atoms with Crippen LogP contribution in [0.25, 0.3) is 33.3 Å². The second-order valence-electron chi connectivity index (χ2n) is 20.1. The molecule has 17 heteroatoms. The number of aromatic nitrogens is 2. The normalized spacial score (nSPS) is 23.8. The van der Waals surface area contributed by atoms with E-state index in [9.17, 15) is 29.1 Å². The summed E-state index contributed by atoms with van der Waals surface area (Å²) in [4.78, 5) is 77.1. The van der Waals surface area contributed by atoms with Crippen LogP contribution in [0.2, 0.25) is 0 Å². The van der Waals surface area contributed by atoms with Crippen LogP contribution in [0.3, 0.4) is 0 Å². The van der Waals surface area contributed by atoms with E-state index in [0.717, 1.165) is 43.9 Å². The number of carbonyl (C=O) groups is 5. The highest BCUT2D eigenvalue weighted by atomic mass is 19.1. The molecule has 4 aliphatic heterocycles. The van der Waals surface area contributed by atoms with Gasteiger partial charge in [-0.15, -0.1) is 0 Å². The summed E-state index contributed by atoms with van der Waals surface area (Å²) < 4.78 is 30.7. The summed E-state index contributed by atoms with van der Waals surface area (Å²) >= 11 is 0. The Balaban J connectivity index is 1.18. The third-order valence-electron chi connectivity index (χ3n) is 13.9. The van der Waals surface area contributed by atoms with Crippen LogP contribution in [0.4, 0.5) is 4.39 Å². The number of phenolic OH excluding ortho intramolecular Hbond substituents is 1. The van der Waals surface area contributed by atoms with Gasteiger partial charge in [0.25, 0.3) is 11.8 Å². The second kappa shape index (κ2) is 19.2. The first-order valence-corrected chi connectivity index (χ1v) is 23.8. The molecule has 6 bridgehead atoms. The van der Waals surface area contributed by atoms with Gasteiger partial charge in [-0.05, 0) is 97.7 Å². The van der Waals surface area contributed by atoms with Crippen molar-refractivity contribution in [2.75, 3.05) is 46.9 Å². The topological polar surface area (TPSA) is 198 Å². The van der Waals surface area contributed by atoms with Crippen molar-refractivity contribution in [2.45, 2.75) is 116 Å². The van der Waals surface area contributed by atoms with E-state index in [1.165, 1.54) is 17.0 Å². The Labute approximate surface area is 396 Å². The minimum Gasteiger partial charge on any atom is -0.508 e. The van der Waals surface area contributed by atoms with Crippen molar-refractivity contribution in [3.8, 4) is 28.1 Å². The molecular formula is C51H65FN8O8. The molecule has 1 unspecified atom stereocenters. The summed E-state index contributed by atoms with van der Waals surface area (Å²) in [5.74, 6) is -3.50. The van der Waals surface area contributed by atoms with Crippen molar-refractivity contribution >= 4 is 40.5 Å². The minimum atomic E-state index is -2.40. The summed E-state index contributed by atoms with van der Waals surface area (Å²) in [6, 6.07) is 11.5. The number of ether oxygens (including phenoxy) is 2. The smallest absolute Gasteiger partial charge is 0.324 e. The zero-order chi connectivity index (χ0) is 48.8. The lowest BCUT2D eigenvalue weighted by atomic mass is 9.84. The van der Waals surface area contributed by atoms with Gasteiger partial charge in [0.15, 0.2) is 0 Å². The molecule has 4 aromatic rings. The molecule has 2 aromatic heterocycles. The number of aryl methyl sites for hydroxylation is 1. The number of phenols is 1. The van der Waals surface area contributed by atoms with Crippen molar-refractivity contribution < 1.29 is 42.9 Å². The molecule has 68 heavy (non-hydrogen) atoms. The first-order chi connectivity index (χ1) is 32.3. The van der Waals surface area contributed by atoms with Crippen molar-refractivity contribution in [3.63, 3.8) is 0 Å². The number of hydrogen-bond donors (Lipinski definition) is 4. The number of likely N-dealkylation sites (N-methyl/N-ethyl adjacent to an activating group) is 1. The molecule has 6 heterocycles. The fourth-order valence-corrected chi connectivity index (χ4v) is 10.3. The third kappa shape index (κ3) is 9.70. The molecule has 0 aliphatic carbocycles. The number of fused-ring (bicyclic) bond motifs is 6. The number of aromatic hydroxyl groups is 1. The number of benzene rings is 2. The number of rotatable bonds is 10. The quantitative estimate of drug-likeness (QED) is 0.125. The molecule has 6 atom stereocenters. The number of cyclic esters (lactones) is 1. The SMILES string of the molecule is CCn1c(-c2cccnc2[C@H](C)OC)c2c3cc(ccc31)-c1cc(O)cc(c1)C[C@H](NC(=O)C(C(C)C)N(C)C(=O)[C@]1(F)CCN(C(=O)[C@H]3CN3)C1)C(=O)N1CCC[C@H](N1)C(=O)OCC(C)(C)C2. The number of likely N-dealkylation sites (tertiary alicyclic amines) is 1. The molecular weight excluding hydrogens is 872 g/mol. The number of pyridine rings is 1. The Morgan fingerprint density at radius 1 is 1.09 bits per heavy atom. The van der Waals surface area contributed by atoms with Gasteiger partial charge in [-0.25, -0.2) is 9.82 Å². The van der Waals surface area contributed by atoms with Gasteiger partial charge in [-0.3, -0.25) is 34.0 Å². The molecule has 8 rings (SSSR count). The number of methoxy groups -OCH3 is 1. The number of carbonyl (C=O) groups excluding carboxylic acids is 5. The van der Waals surface area contributed by atoms with Crippen molar-refractivity contribution in [1.29, 1.82) is 0 Å². The standard InChI is InChI=1S/C51H65FN8O8/c1-9-59-41-15-14-32-24-36(41)37(44(59)35-12-10-17-53-42(35)30(4)67-8)25-50(5,6)28-68-48(65)38-13-11-18-60(56-38)47(64)39(22-31-20-33(32)23-34(61)21-31)55-45(62)43(29(2)3)57(7)49(66)51(52)16-19-58(27-51)46(63)40-26-54-40/h10,12,14-15,17,20-21,23-24,29-30,38-40,43,54,56,61H,9,11,13,16,18-19,22,25-28H2,1-8H3,(H,55,62)/t30-,38-,39-,40+,43?,51-/m0/s1. The minimum absolute atomic E-state index is 0.0506. The van der Waals surface area contributed by atoms with Crippen LogP contribution in [0.15, 0.2) is 54.7 Å². The lowest BCUT2D eigenvalue weighted by Gasteiger charge is -2.37. The third-order valence-corrected chi connectivity index (χ3v) is 13.9. The summed E-state index contributed by atoms with van der Waals surface area (Å²) in [6.45, 7) is 12.8. The lowest BCUT2D eigenvalue weighted by Crippen LogP contribution is -2.62. The van der Waals surface area contributed by atoms with E-state index < -0.39 is 65.4 Å². The van der Waals surface area contributed by atoms with Crippen LogP contribution in [-0.2, 0) is 52.8 Å². The number of esters is 1. The molecule has 0 saturated carbocycles. The maximum Gasteiger partial charge on any atom is 0.324 e. The Bertz CT molecular complexity index is 2610. The van der Waals surface area contributed by atoms with Gasteiger partial charge in [0.05, 0.1) is 36.7 Å². The van der Waals surface area contributed by atoms with E-state index in [-0.39, 0.29) is 56.3 Å². The van der Waals surface area contributed by atoms with Gasteiger partial charge >= 0.3 is 5.97 Å². The number of alkyl halides is 1. The van der Waals surface area contributed by atoms with E-state index in [0.29, 0.717) is 43.5 Å². The van der Waals surface area contributed by atoms with E-state index in [1.54, 1.807) is 39.3 Å². The van der Waals surface area contributed by atoms with E-state index >= 15 is 4.39 Å². The predicted molar refractivity (Wildman–Crippen MR) is 254 cm³/mol. The Kier molecular flexibility index (Phi) is 13.7. The molecule has 3 saturated heterocycles. The van der Waals surface area contributed by atoms with Crippen LogP contribution in [-0.4, -0.2) is 136 Å². The molecule has 3 fully saturated rings. The van der Waals surface area contributed by atoms with E-state index in [4.69, 9.17) is 14.5 Å². The first kappa shape index (κ1) is 48.5. The molecule has 2 aromatic carbocycles. The number of hydrogen-bond acceptors (Lipinski definition) is 11. The fourth-order valence-electron chi connectivity index (χ4n) is 10.3. The van der Waals surface area contributed by atoms with Crippen LogP contribution in [0.1, 0.15) is 83.7 Å². The highest BCUT2D eigenvalue weighted by Crippen LogP contribution is 2.42. The molecule has 364 valence electrons. The van der Waals surface area contributed by atoms with Crippen molar-refractivity contribution in [3.05, 3.63) is 71.5 Å². The average Bonchev–Trinajstić information content (AvgIpc) is 4.03. The van der Waals surface area contributed by atoms with Crippen molar-refractivity contribution in [1.82, 2.24) is 40.4 Å². The number of nitrogens with one attached hydrogen (secondary N) is 3. The number of amides is 4. The maximum atomic E-state index is 16.5. The summed E-state index contributed by atoms with van der Waals surface area (Å²) in [5.41, 5.74) is 6.85. The van der Waals surface area contributed by atoms with Crippen LogP contribution in [0, 0.1) is 11.3 Å². The van der Waals surface area contributed by atoms with Gasteiger partial charge < -0.3 is 39.6 Å². The maximum absolute atomic E-state index is 16.5. The lowest BCUT2D eigenvalue weighted by molar-refractivity contribution is -0.155. The Hall–Kier alpha value is -5.91. The second-order valence-corrected chi connectivity index (χ2v) is 20.1. The first-order valence-electron chi connectivity index (χ1n) is 23.8. The van der Waals surface area contributed by atoms with Crippen LogP contribution < -0.4 is 16.1 Å². The number of nitrogens with zero attached hydrogens (tertiary/aromatic N) is 5. The van der Waals surface area contributed by atoms with Gasteiger partial charge in [-0.2, -0.15) is 0 Å². The van der Waals surface area contributed by atoms with Gasteiger partial charge in [0, 0.05) is 81.3 Å². The number of hydrazine groups is 1. The average molecular weight is 937 g/mol. The molecule has 16 nitrogen and oxygen atoms in total. The summed E-state index contributed by atoms with van der Waals surface area (Å²) in [6.07, 6.45) is 2.57. The Morgan fingerprint density at radius 2 is 1.85 bits per heavy atom. The molecule has 0 spiro atoms. The summed E-state index contributed by atoms with van der Waals surface area (Å²) in [7, 11) is 3.03. The molecule has 0 radical (unpaired) electrons. The van der Waals surface area contributed by atoms with Gasteiger partial charge in [0.2, 0.25) is 17.5 Å². The van der Waals surface area contributed by atoms with Crippen molar-refractivity contribution in [2.24, 2.45) is 11.3 Å². The highest BCUT2D eigenvalue weighted by Gasteiger charge is 2.51. The zero-order valence-electron chi connectivity index (χ0n) is 40.4. The number of halogens is 1. The predicted octanol–water partition coefficient (Wildman–Crippen LogP) is 4.85. The highest BCUT2D eigenvalue weighted by molar-refractivity contribution is 5.97. The van der Waals surface area contributed by atoms with E-state index in [1.807, 2.05) is 25.1 Å². The van der Waals surface area contributed by atoms with E-state index in [2.05, 4.69) is 59.6 Å². The monoisotopic (exact) mass is 936 g/mol. The molecule has 4 amide bonds. The zero-order valence-corrected chi connectivity index (χ0v) is 40.4.